The molecule has 0 aliphatic carbocycles. The highest BCUT2D eigenvalue weighted by Gasteiger charge is 2.06. The Morgan fingerprint density at radius 2 is 1.56 bits per heavy atom. The summed E-state index contributed by atoms with van der Waals surface area (Å²) >= 11 is 0. The van der Waals surface area contributed by atoms with E-state index in [1.54, 1.807) is 17.0 Å². The topological polar surface area (TPSA) is 67.9 Å². The van der Waals surface area contributed by atoms with Gasteiger partial charge >= 0.3 is 5.97 Å². The Morgan fingerprint density at radius 1 is 0.917 bits per heavy atom. The minimum atomic E-state index is -0.347. The van der Waals surface area contributed by atoms with E-state index in [4.69, 9.17) is 4.74 Å². The Bertz CT molecular complexity index is 974. The lowest BCUT2D eigenvalue weighted by Gasteiger charge is -2.16. The first kappa shape index (κ1) is 30.2. The van der Waals surface area contributed by atoms with Crippen molar-refractivity contribution in [2.45, 2.75) is 46.8 Å². The molecule has 0 atom stereocenters. The third kappa shape index (κ3) is 11.6. The summed E-state index contributed by atoms with van der Waals surface area (Å²) in [4.78, 5) is 23.9. The molecule has 1 N–H and O–H groups in total. The summed E-state index contributed by atoms with van der Waals surface area (Å²) in [6.45, 7) is 8.04. The number of carbonyl (C=O) groups excluding carboxylic acids is 2. The maximum absolute atomic E-state index is 11.3. The first-order chi connectivity index (χ1) is 17.6. The predicted molar refractivity (Wildman–Crippen MR) is 147 cm³/mol. The summed E-state index contributed by atoms with van der Waals surface area (Å²) < 4.78 is 10.3. The van der Waals surface area contributed by atoms with Crippen molar-refractivity contribution >= 4 is 18.1 Å². The number of ether oxygens (including phenoxy) is 2. The van der Waals surface area contributed by atoms with Gasteiger partial charge in [-0.15, -0.1) is 0 Å². The van der Waals surface area contributed by atoms with Crippen LogP contribution in [0.15, 0.2) is 78.9 Å². The second-order valence-corrected chi connectivity index (χ2v) is 7.67. The van der Waals surface area contributed by atoms with Crippen molar-refractivity contribution in [1.82, 2.24) is 4.90 Å². The Morgan fingerprint density at radius 3 is 2.08 bits per heavy atom. The van der Waals surface area contributed by atoms with Crippen LogP contribution in [0, 0.1) is 0 Å². The highest BCUT2D eigenvalue weighted by molar-refractivity contribution is 5.89. The van der Waals surface area contributed by atoms with E-state index in [1.807, 2.05) is 75.5 Å². The van der Waals surface area contributed by atoms with Gasteiger partial charge in [0, 0.05) is 25.8 Å². The summed E-state index contributed by atoms with van der Waals surface area (Å²) in [7, 11) is 3.26. The van der Waals surface area contributed by atoms with Gasteiger partial charge in [-0.2, -0.15) is 0 Å². The van der Waals surface area contributed by atoms with E-state index in [0.29, 0.717) is 18.7 Å². The van der Waals surface area contributed by atoms with Gasteiger partial charge in [-0.1, -0.05) is 69.7 Å². The summed E-state index contributed by atoms with van der Waals surface area (Å²) in [5, 5.41) is 3.07. The molecule has 3 aromatic rings. The van der Waals surface area contributed by atoms with Crippen molar-refractivity contribution in [3.8, 4) is 5.75 Å². The molecular formula is C30H40N2O4. The first-order valence-electron chi connectivity index (χ1n) is 12.4. The summed E-state index contributed by atoms with van der Waals surface area (Å²) in [6, 6.07) is 25.2. The van der Waals surface area contributed by atoms with Crippen LogP contribution in [0.1, 0.15) is 55.1 Å². The maximum Gasteiger partial charge on any atom is 0.337 e. The SMILES string of the molecule is CC.CCCCN(C=O)Cc1ccc(C(=O)OC)cc1.CNc1ccc(OCc2ccccc2)cc1. The van der Waals surface area contributed by atoms with Crippen LogP contribution < -0.4 is 10.1 Å². The van der Waals surface area contributed by atoms with Crippen LogP contribution in [0.4, 0.5) is 5.69 Å². The normalized spacial score (nSPS) is 9.47. The van der Waals surface area contributed by atoms with Crippen LogP contribution in [-0.2, 0) is 22.7 Å². The zero-order chi connectivity index (χ0) is 26.6. The van der Waals surface area contributed by atoms with Crippen LogP contribution in [0.3, 0.4) is 0 Å². The van der Waals surface area contributed by atoms with Crippen molar-refractivity contribution in [2.24, 2.45) is 0 Å². The minimum absolute atomic E-state index is 0.347. The molecule has 0 bridgehead atoms. The number of amides is 1. The molecule has 0 fully saturated rings. The van der Waals surface area contributed by atoms with E-state index >= 15 is 0 Å². The van der Waals surface area contributed by atoms with Gasteiger partial charge < -0.3 is 19.7 Å². The fourth-order valence-electron chi connectivity index (χ4n) is 3.09. The average molecular weight is 493 g/mol. The van der Waals surface area contributed by atoms with Crippen LogP contribution >= 0.6 is 0 Å². The number of methoxy groups -OCH3 is 1. The number of anilines is 1. The van der Waals surface area contributed by atoms with Gasteiger partial charge in [-0.3, -0.25) is 4.79 Å². The van der Waals surface area contributed by atoms with Crippen LogP contribution in [0.25, 0.3) is 0 Å². The second-order valence-electron chi connectivity index (χ2n) is 7.67. The summed E-state index contributed by atoms with van der Waals surface area (Å²) in [5.41, 5.74) is 3.80. The van der Waals surface area contributed by atoms with E-state index in [9.17, 15) is 9.59 Å². The lowest BCUT2D eigenvalue weighted by atomic mass is 10.1. The molecule has 0 aliphatic rings. The van der Waals surface area contributed by atoms with Crippen LogP contribution in [0.2, 0.25) is 0 Å². The van der Waals surface area contributed by atoms with Crippen molar-refractivity contribution < 1.29 is 19.1 Å². The molecule has 0 saturated heterocycles. The van der Waals surface area contributed by atoms with E-state index in [-0.39, 0.29) is 5.97 Å². The number of nitrogens with zero attached hydrogens (tertiary/aromatic N) is 1. The van der Waals surface area contributed by atoms with Crippen molar-refractivity contribution in [3.05, 3.63) is 95.6 Å². The molecule has 0 heterocycles. The smallest absolute Gasteiger partial charge is 0.337 e. The Balaban J connectivity index is 0.000000338. The van der Waals surface area contributed by atoms with Crippen LogP contribution in [0.5, 0.6) is 5.75 Å². The monoisotopic (exact) mass is 492 g/mol. The molecule has 0 unspecified atom stereocenters. The number of benzene rings is 3. The molecule has 3 rings (SSSR count). The van der Waals surface area contributed by atoms with E-state index in [0.717, 1.165) is 42.8 Å². The van der Waals surface area contributed by atoms with E-state index in [1.165, 1.54) is 12.7 Å². The number of carbonyl (C=O) groups is 2. The fourth-order valence-corrected chi connectivity index (χ4v) is 3.09. The minimum Gasteiger partial charge on any atom is -0.489 e. The molecule has 36 heavy (non-hydrogen) atoms. The number of unbranched alkanes of at least 4 members (excludes halogenated alkanes) is 1. The predicted octanol–water partition coefficient (Wildman–Crippen LogP) is 6.57. The molecule has 3 aromatic carbocycles. The molecule has 0 saturated carbocycles. The second kappa shape index (κ2) is 18.5. The Kier molecular flexibility index (Phi) is 15.6. The number of hydrogen-bond acceptors (Lipinski definition) is 5. The zero-order valence-electron chi connectivity index (χ0n) is 22.2. The Hall–Kier alpha value is -3.80. The first-order valence-corrected chi connectivity index (χ1v) is 12.4. The van der Waals surface area contributed by atoms with Gasteiger partial charge in [0.05, 0.1) is 12.7 Å². The maximum atomic E-state index is 11.3. The molecule has 0 aromatic heterocycles. The molecule has 6 heteroatoms. The van der Waals surface area contributed by atoms with Gasteiger partial charge in [0.15, 0.2) is 0 Å². The molecule has 0 spiro atoms. The standard InChI is InChI=1S/C14H19NO3.C14H15NO.C2H6/c1-3-4-9-15(11-16)10-12-5-7-13(8-6-12)14(17)18-2;1-15-13-7-9-14(10-8-13)16-11-12-5-3-2-4-6-12;1-2/h5-8,11H,3-4,9-10H2,1-2H3;2-10,15H,11H2,1H3;1-2H3. The molecule has 0 aliphatic heterocycles. The number of esters is 1. The molecule has 194 valence electrons. The van der Waals surface area contributed by atoms with Gasteiger partial charge in [-0.25, -0.2) is 4.79 Å². The zero-order valence-corrected chi connectivity index (χ0v) is 22.2. The fraction of sp³-hybridized carbons (Fsp3) is 0.333. The van der Waals surface area contributed by atoms with Crippen molar-refractivity contribution in [2.75, 3.05) is 26.0 Å². The van der Waals surface area contributed by atoms with Gasteiger partial charge in [0.25, 0.3) is 0 Å². The van der Waals surface area contributed by atoms with Crippen LogP contribution in [-0.4, -0.2) is 38.0 Å². The van der Waals surface area contributed by atoms with E-state index < -0.39 is 0 Å². The van der Waals surface area contributed by atoms with Gasteiger partial charge in [0.2, 0.25) is 6.41 Å². The molecule has 0 radical (unpaired) electrons. The Labute approximate surface area is 216 Å². The van der Waals surface area contributed by atoms with E-state index in [2.05, 4.69) is 29.1 Å². The number of nitrogens with one attached hydrogen (secondary N) is 1. The van der Waals surface area contributed by atoms with Crippen molar-refractivity contribution in [3.63, 3.8) is 0 Å². The molecule has 1 amide bonds. The number of hydrogen-bond donors (Lipinski definition) is 1. The van der Waals surface area contributed by atoms with Gasteiger partial charge in [0.1, 0.15) is 12.4 Å². The third-order valence-electron chi connectivity index (χ3n) is 5.10. The number of rotatable bonds is 11. The molecular weight excluding hydrogens is 452 g/mol. The summed E-state index contributed by atoms with van der Waals surface area (Å²) in [5.74, 6) is 0.544. The van der Waals surface area contributed by atoms with Gasteiger partial charge in [-0.05, 0) is 53.9 Å². The summed E-state index contributed by atoms with van der Waals surface area (Å²) in [6.07, 6.45) is 2.93. The van der Waals surface area contributed by atoms with Crippen molar-refractivity contribution in [1.29, 1.82) is 0 Å². The lowest BCUT2D eigenvalue weighted by Crippen LogP contribution is -2.22. The lowest BCUT2D eigenvalue weighted by molar-refractivity contribution is -0.118. The highest BCUT2D eigenvalue weighted by atomic mass is 16.5. The third-order valence-corrected chi connectivity index (χ3v) is 5.10. The largest absolute Gasteiger partial charge is 0.489 e. The average Bonchev–Trinajstić information content (AvgIpc) is 2.96. The highest BCUT2D eigenvalue weighted by Crippen LogP contribution is 2.16. The molecule has 6 nitrogen and oxygen atoms in total. The quantitative estimate of drug-likeness (QED) is 0.242.